The van der Waals surface area contributed by atoms with Gasteiger partial charge >= 0.3 is 5.97 Å². The second kappa shape index (κ2) is 7.11. The molecule has 7 heteroatoms. The van der Waals surface area contributed by atoms with Crippen LogP contribution in [-0.2, 0) is 27.3 Å². The van der Waals surface area contributed by atoms with Crippen molar-refractivity contribution in [1.82, 2.24) is 4.57 Å². The smallest absolute Gasteiger partial charge is 0.325 e. The lowest BCUT2D eigenvalue weighted by atomic mass is 10.2. The molecule has 24 heavy (non-hydrogen) atoms. The largest absolute Gasteiger partial charge is 0.468 e. The number of amides is 1. The van der Waals surface area contributed by atoms with Crippen LogP contribution in [0.1, 0.15) is 10.4 Å². The first-order valence-electron chi connectivity index (χ1n) is 7.33. The zero-order chi connectivity index (χ0) is 17.1. The molecule has 0 N–H and O–H groups in total. The molecule has 0 aliphatic carbocycles. The quantitative estimate of drug-likeness (QED) is 0.672. The van der Waals surface area contributed by atoms with Crippen LogP contribution < -0.4 is 4.80 Å². The van der Waals surface area contributed by atoms with Crippen LogP contribution in [0.3, 0.4) is 0 Å². The standard InChI is InChI=1S/C17H16N2O3S2/c1-11-5-6-13-14(8-11)24-17(19(13)10-16(21)22-2)18-15(20)9-12-4-3-7-23-12/h3-8H,9-10H2,1-2H3. The molecule has 0 atom stereocenters. The van der Waals surface area contributed by atoms with Crippen LogP contribution in [0.4, 0.5) is 0 Å². The van der Waals surface area contributed by atoms with Gasteiger partial charge in [0.1, 0.15) is 6.54 Å². The molecular formula is C17H16N2O3S2. The van der Waals surface area contributed by atoms with Gasteiger partial charge in [-0.15, -0.1) is 11.3 Å². The molecule has 0 saturated heterocycles. The Hall–Kier alpha value is -2.25. The number of esters is 1. The van der Waals surface area contributed by atoms with E-state index in [0.717, 1.165) is 20.7 Å². The molecular weight excluding hydrogens is 344 g/mol. The van der Waals surface area contributed by atoms with Gasteiger partial charge in [0.2, 0.25) is 0 Å². The number of carbonyl (C=O) groups excluding carboxylic acids is 2. The first-order chi connectivity index (χ1) is 11.6. The molecule has 0 unspecified atom stereocenters. The maximum atomic E-state index is 12.2. The summed E-state index contributed by atoms with van der Waals surface area (Å²) in [4.78, 5) is 29.7. The summed E-state index contributed by atoms with van der Waals surface area (Å²) in [5.74, 6) is -0.596. The van der Waals surface area contributed by atoms with E-state index in [1.807, 2.05) is 42.6 Å². The summed E-state index contributed by atoms with van der Waals surface area (Å²) >= 11 is 2.93. The van der Waals surface area contributed by atoms with E-state index in [9.17, 15) is 9.59 Å². The molecule has 0 bridgehead atoms. The highest BCUT2D eigenvalue weighted by Crippen LogP contribution is 2.19. The topological polar surface area (TPSA) is 60.7 Å². The Bertz CT molecular complexity index is 952. The zero-order valence-electron chi connectivity index (χ0n) is 13.3. The van der Waals surface area contributed by atoms with Crippen LogP contribution in [0.5, 0.6) is 0 Å². The lowest BCUT2D eigenvalue weighted by molar-refractivity contribution is -0.141. The molecule has 3 rings (SSSR count). The predicted octanol–water partition coefficient (Wildman–Crippen LogP) is 2.92. The normalized spacial score (nSPS) is 11.8. The van der Waals surface area contributed by atoms with Crippen molar-refractivity contribution < 1.29 is 14.3 Å². The van der Waals surface area contributed by atoms with Gasteiger partial charge in [-0.05, 0) is 36.1 Å². The maximum absolute atomic E-state index is 12.2. The van der Waals surface area contributed by atoms with Crippen molar-refractivity contribution in [2.24, 2.45) is 4.99 Å². The molecule has 1 aromatic carbocycles. The van der Waals surface area contributed by atoms with Crippen molar-refractivity contribution in [2.75, 3.05) is 7.11 Å². The van der Waals surface area contributed by atoms with Crippen molar-refractivity contribution in [2.45, 2.75) is 19.9 Å². The van der Waals surface area contributed by atoms with E-state index in [1.54, 1.807) is 4.57 Å². The number of ether oxygens (including phenoxy) is 1. The van der Waals surface area contributed by atoms with Crippen LogP contribution >= 0.6 is 22.7 Å². The van der Waals surface area contributed by atoms with Crippen LogP contribution in [-0.4, -0.2) is 23.6 Å². The average molecular weight is 360 g/mol. The number of rotatable bonds is 4. The highest BCUT2D eigenvalue weighted by molar-refractivity contribution is 7.16. The number of aryl methyl sites for hydroxylation is 1. The molecule has 0 aliphatic heterocycles. The zero-order valence-corrected chi connectivity index (χ0v) is 14.9. The average Bonchev–Trinajstić information content (AvgIpc) is 3.15. The van der Waals surface area contributed by atoms with Gasteiger partial charge in [-0.1, -0.05) is 23.5 Å². The van der Waals surface area contributed by atoms with Gasteiger partial charge in [-0.2, -0.15) is 4.99 Å². The summed E-state index contributed by atoms with van der Waals surface area (Å²) in [7, 11) is 1.35. The SMILES string of the molecule is COC(=O)Cn1c(=NC(=O)Cc2cccs2)sc2cc(C)ccc21. The first kappa shape index (κ1) is 16.6. The van der Waals surface area contributed by atoms with E-state index in [4.69, 9.17) is 4.74 Å². The predicted molar refractivity (Wildman–Crippen MR) is 95.2 cm³/mol. The molecule has 0 saturated carbocycles. The molecule has 124 valence electrons. The van der Waals surface area contributed by atoms with Crippen LogP contribution in [0.25, 0.3) is 10.2 Å². The third-order valence-corrected chi connectivity index (χ3v) is 5.40. The minimum absolute atomic E-state index is 0.0324. The summed E-state index contributed by atoms with van der Waals surface area (Å²) in [6.45, 7) is 2.03. The van der Waals surface area contributed by atoms with Crippen LogP contribution in [0, 0.1) is 6.92 Å². The molecule has 0 spiro atoms. The molecule has 0 aliphatic rings. The number of carbonyl (C=O) groups is 2. The first-order valence-corrected chi connectivity index (χ1v) is 9.03. The van der Waals surface area contributed by atoms with E-state index in [-0.39, 0.29) is 24.8 Å². The summed E-state index contributed by atoms with van der Waals surface area (Å²) in [6, 6.07) is 9.76. The lowest BCUT2D eigenvalue weighted by Crippen LogP contribution is -2.22. The van der Waals surface area contributed by atoms with Gasteiger partial charge in [-0.25, -0.2) is 0 Å². The Morgan fingerprint density at radius 2 is 2.12 bits per heavy atom. The number of methoxy groups -OCH3 is 1. The van der Waals surface area contributed by atoms with Crippen LogP contribution in [0.15, 0.2) is 40.7 Å². The van der Waals surface area contributed by atoms with Gasteiger partial charge in [0, 0.05) is 4.88 Å². The summed E-state index contributed by atoms with van der Waals surface area (Å²) in [6.07, 6.45) is 0.267. The van der Waals surface area contributed by atoms with Gasteiger partial charge in [0.25, 0.3) is 5.91 Å². The van der Waals surface area contributed by atoms with Crippen molar-refractivity contribution >= 4 is 44.8 Å². The maximum Gasteiger partial charge on any atom is 0.325 e. The number of aromatic nitrogens is 1. The highest BCUT2D eigenvalue weighted by atomic mass is 32.1. The third-order valence-electron chi connectivity index (χ3n) is 3.48. The fraction of sp³-hybridized carbons (Fsp3) is 0.235. The molecule has 5 nitrogen and oxygen atoms in total. The fourth-order valence-electron chi connectivity index (χ4n) is 2.32. The van der Waals surface area contributed by atoms with E-state index >= 15 is 0 Å². The van der Waals surface area contributed by atoms with E-state index in [0.29, 0.717) is 4.80 Å². The van der Waals surface area contributed by atoms with Crippen molar-refractivity contribution in [3.05, 3.63) is 51.0 Å². The number of thiophene rings is 1. The Labute approximate surface area is 146 Å². The third kappa shape index (κ3) is 3.63. The number of hydrogen-bond donors (Lipinski definition) is 0. The minimum Gasteiger partial charge on any atom is -0.468 e. The Morgan fingerprint density at radius 1 is 1.29 bits per heavy atom. The van der Waals surface area contributed by atoms with E-state index in [2.05, 4.69) is 4.99 Å². The van der Waals surface area contributed by atoms with Gasteiger partial charge in [0.05, 0.1) is 23.7 Å². The number of nitrogens with zero attached hydrogens (tertiary/aromatic N) is 2. The van der Waals surface area contributed by atoms with Gasteiger partial charge in [0.15, 0.2) is 4.80 Å². The van der Waals surface area contributed by atoms with Crippen molar-refractivity contribution in [3.8, 4) is 0 Å². The summed E-state index contributed by atoms with van der Waals surface area (Å²) < 4.78 is 7.48. The summed E-state index contributed by atoms with van der Waals surface area (Å²) in [5, 5.41) is 1.93. The van der Waals surface area contributed by atoms with Crippen LogP contribution in [0.2, 0.25) is 0 Å². The molecule has 3 aromatic rings. The summed E-state index contributed by atoms with van der Waals surface area (Å²) in [5.41, 5.74) is 1.99. The second-order valence-electron chi connectivity index (χ2n) is 5.28. The number of thiazole rings is 1. The number of benzene rings is 1. The lowest BCUT2D eigenvalue weighted by Gasteiger charge is -2.03. The van der Waals surface area contributed by atoms with E-state index < -0.39 is 0 Å². The Kier molecular flexibility index (Phi) is 4.92. The molecule has 0 radical (unpaired) electrons. The highest BCUT2D eigenvalue weighted by Gasteiger charge is 2.12. The number of hydrogen-bond acceptors (Lipinski definition) is 5. The minimum atomic E-state index is -0.373. The van der Waals surface area contributed by atoms with Crippen molar-refractivity contribution in [1.29, 1.82) is 0 Å². The van der Waals surface area contributed by atoms with E-state index in [1.165, 1.54) is 29.8 Å². The number of fused-ring (bicyclic) bond motifs is 1. The molecule has 0 fully saturated rings. The second-order valence-corrected chi connectivity index (χ2v) is 7.32. The molecule has 1 amide bonds. The molecule has 2 aromatic heterocycles. The van der Waals surface area contributed by atoms with Gasteiger partial charge < -0.3 is 9.30 Å². The van der Waals surface area contributed by atoms with Gasteiger partial charge in [-0.3, -0.25) is 9.59 Å². The fourth-order valence-corrected chi connectivity index (χ4v) is 4.16. The van der Waals surface area contributed by atoms with Crippen molar-refractivity contribution in [3.63, 3.8) is 0 Å². The Balaban J connectivity index is 2.04. The monoisotopic (exact) mass is 360 g/mol. The molecule has 2 heterocycles. The Morgan fingerprint density at radius 3 is 2.83 bits per heavy atom.